The van der Waals surface area contributed by atoms with Gasteiger partial charge in [-0.15, -0.1) is 0 Å². The van der Waals surface area contributed by atoms with Crippen molar-refractivity contribution in [2.45, 2.75) is 53.3 Å². The number of hydrogen-bond donors (Lipinski definition) is 2. The fourth-order valence-electron chi connectivity index (χ4n) is 1.95. The summed E-state index contributed by atoms with van der Waals surface area (Å²) < 4.78 is 2.16. The van der Waals surface area contributed by atoms with Crippen LogP contribution in [0.25, 0.3) is 0 Å². The number of aromatic nitrogens is 1. The van der Waals surface area contributed by atoms with E-state index in [9.17, 15) is 5.11 Å². The van der Waals surface area contributed by atoms with E-state index in [2.05, 4.69) is 56.0 Å². The third-order valence-electron chi connectivity index (χ3n) is 2.73. The molecule has 0 radical (unpaired) electrons. The van der Waals surface area contributed by atoms with Crippen LogP contribution < -0.4 is 5.32 Å². The molecule has 17 heavy (non-hydrogen) atoms. The van der Waals surface area contributed by atoms with E-state index in [0.717, 1.165) is 19.5 Å². The summed E-state index contributed by atoms with van der Waals surface area (Å²) in [5, 5.41) is 13.1. The highest BCUT2D eigenvalue weighted by molar-refractivity contribution is 5.09. The van der Waals surface area contributed by atoms with Crippen molar-refractivity contribution in [3.8, 4) is 0 Å². The molecule has 1 unspecified atom stereocenters. The lowest BCUT2D eigenvalue weighted by molar-refractivity contribution is 0.119. The van der Waals surface area contributed by atoms with Crippen LogP contribution in [0, 0.1) is 5.41 Å². The fraction of sp³-hybridized carbons (Fsp3) is 0.714. The van der Waals surface area contributed by atoms with Crippen molar-refractivity contribution < 1.29 is 5.11 Å². The number of aliphatic hydroxyl groups excluding tert-OH is 1. The van der Waals surface area contributed by atoms with Gasteiger partial charge >= 0.3 is 0 Å². The molecule has 0 aliphatic carbocycles. The maximum Gasteiger partial charge on any atom is 0.0669 e. The normalized spacial score (nSPS) is 13.9. The average molecular weight is 238 g/mol. The second-order valence-electron chi connectivity index (χ2n) is 5.90. The molecular weight excluding hydrogens is 212 g/mol. The standard InChI is InChI=1S/C14H26N2O/c1-5-16-7-6-12(11-16)9-15-10-13(17)8-14(2,3)4/h6-7,11,13,15,17H,5,8-10H2,1-4H3. The zero-order valence-corrected chi connectivity index (χ0v) is 11.5. The number of nitrogens with zero attached hydrogens (tertiary/aromatic N) is 1. The number of aryl methyl sites for hydroxylation is 1. The Morgan fingerprint density at radius 2 is 2.12 bits per heavy atom. The summed E-state index contributed by atoms with van der Waals surface area (Å²) in [6, 6.07) is 2.12. The summed E-state index contributed by atoms with van der Waals surface area (Å²) in [5.41, 5.74) is 1.46. The van der Waals surface area contributed by atoms with E-state index in [1.165, 1.54) is 5.56 Å². The highest BCUT2D eigenvalue weighted by Crippen LogP contribution is 2.20. The molecule has 0 spiro atoms. The Balaban J connectivity index is 2.23. The number of hydrogen-bond acceptors (Lipinski definition) is 2. The van der Waals surface area contributed by atoms with Crippen LogP contribution in [0.15, 0.2) is 18.5 Å². The predicted molar refractivity (Wildman–Crippen MR) is 71.9 cm³/mol. The highest BCUT2D eigenvalue weighted by Gasteiger charge is 2.16. The number of nitrogens with one attached hydrogen (secondary N) is 1. The zero-order valence-electron chi connectivity index (χ0n) is 11.5. The van der Waals surface area contributed by atoms with Crippen LogP contribution in [0.5, 0.6) is 0 Å². The third-order valence-corrected chi connectivity index (χ3v) is 2.73. The van der Waals surface area contributed by atoms with Crippen molar-refractivity contribution in [1.82, 2.24) is 9.88 Å². The molecule has 0 bridgehead atoms. The Kier molecular flexibility index (Phi) is 5.22. The third kappa shape index (κ3) is 5.89. The molecule has 0 aliphatic rings. The quantitative estimate of drug-likeness (QED) is 0.798. The van der Waals surface area contributed by atoms with Crippen LogP contribution in [-0.4, -0.2) is 22.3 Å². The molecule has 0 aliphatic heterocycles. The molecule has 0 saturated carbocycles. The van der Waals surface area contributed by atoms with Gasteiger partial charge in [-0.3, -0.25) is 0 Å². The monoisotopic (exact) mass is 238 g/mol. The van der Waals surface area contributed by atoms with Crippen molar-refractivity contribution in [1.29, 1.82) is 0 Å². The molecule has 0 amide bonds. The highest BCUT2D eigenvalue weighted by atomic mass is 16.3. The van der Waals surface area contributed by atoms with Gasteiger partial charge < -0.3 is 15.0 Å². The van der Waals surface area contributed by atoms with Gasteiger partial charge in [-0.2, -0.15) is 0 Å². The summed E-state index contributed by atoms with van der Waals surface area (Å²) in [7, 11) is 0. The first kappa shape index (κ1) is 14.3. The molecule has 1 aromatic rings. The lowest BCUT2D eigenvalue weighted by Gasteiger charge is -2.22. The molecule has 1 aromatic heterocycles. The minimum Gasteiger partial charge on any atom is -0.392 e. The molecule has 1 rings (SSSR count). The largest absolute Gasteiger partial charge is 0.392 e. The summed E-state index contributed by atoms with van der Waals surface area (Å²) >= 11 is 0. The Bertz CT molecular complexity index is 325. The molecule has 3 nitrogen and oxygen atoms in total. The van der Waals surface area contributed by atoms with E-state index in [1.807, 2.05) is 0 Å². The molecule has 0 saturated heterocycles. The Morgan fingerprint density at radius 1 is 1.41 bits per heavy atom. The van der Waals surface area contributed by atoms with Crippen molar-refractivity contribution in [2.75, 3.05) is 6.54 Å². The average Bonchev–Trinajstić information content (AvgIpc) is 2.63. The van der Waals surface area contributed by atoms with Gasteiger partial charge in [0.25, 0.3) is 0 Å². The van der Waals surface area contributed by atoms with Gasteiger partial charge in [-0.1, -0.05) is 20.8 Å². The van der Waals surface area contributed by atoms with Gasteiger partial charge in [-0.25, -0.2) is 0 Å². The summed E-state index contributed by atoms with van der Waals surface area (Å²) in [5.74, 6) is 0. The lowest BCUT2D eigenvalue weighted by Crippen LogP contribution is -2.29. The van der Waals surface area contributed by atoms with Crippen LogP contribution in [0.2, 0.25) is 0 Å². The van der Waals surface area contributed by atoms with Gasteiger partial charge in [0.15, 0.2) is 0 Å². The molecule has 3 heteroatoms. The summed E-state index contributed by atoms with van der Waals surface area (Å²) in [4.78, 5) is 0. The van der Waals surface area contributed by atoms with Crippen molar-refractivity contribution in [3.63, 3.8) is 0 Å². The topological polar surface area (TPSA) is 37.2 Å². The Labute approximate surface area is 105 Å². The van der Waals surface area contributed by atoms with Gasteiger partial charge in [0.1, 0.15) is 0 Å². The second-order valence-corrected chi connectivity index (χ2v) is 5.90. The second kappa shape index (κ2) is 6.22. The lowest BCUT2D eigenvalue weighted by atomic mass is 9.89. The van der Waals surface area contributed by atoms with Crippen LogP contribution in [-0.2, 0) is 13.1 Å². The van der Waals surface area contributed by atoms with Crippen molar-refractivity contribution >= 4 is 0 Å². The van der Waals surface area contributed by atoms with Crippen LogP contribution in [0.1, 0.15) is 39.7 Å². The van der Waals surface area contributed by atoms with E-state index >= 15 is 0 Å². The minimum absolute atomic E-state index is 0.187. The molecule has 0 aromatic carbocycles. The van der Waals surface area contributed by atoms with Gasteiger partial charge in [-0.05, 0) is 30.4 Å². The van der Waals surface area contributed by atoms with Gasteiger partial charge in [0, 0.05) is 32.0 Å². The smallest absolute Gasteiger partial charge is 0.0669 e. The van der Waals surface area contributed by atoms with E-state index < -0.39 is 0 Å². The van der Waals surface area contributed by atoms with Crippen molar-refractivity contribution in [3.05, 3.63) is 24.0 Å². The number of aliphatic hydroxyl groups is 1. The van der Waals surface area contributed by atoms with E-state index in [4.69, 9.17) is 0 Å². The fourth-order valence-corrected chi connectivity index (χ4v) is 1.95. The first-order chi connectivity index (χ1) is 7.90. The molecule has 0 fully saturated rings. The van der Waals surface area contributed by atoms with Gasteiger partial charge in [0.2, 0.25) is 0 Å². The maximum atomic E-state index is 9.85. The van der Waals surface area contributed by atoms with Crippen LogP contribution in [0.4, 0.5) is 0 Å². The summed E-state index contributed by atoms with van der Waals surface area (Å²) in [6.45, 7) is 11.1. The SMILES string of the molecule is CCn1ccc(CNCC(O)CC(C)(C)C)c1. The Hall–Kier alpha value is -0.800. The van der Waals surface area contributed by atoms with Crippen LogP contribution >= 0.6 is 0 Å². The van der Waals surface area contributed by atoms with E-state index in [0.29, 0.717) is 6.54 Å². The molecule has 1 atom stereocenters. The zero-order chi connectivity index (χ0) is 12.9. The predicted octanol–water partition coefficient (Wildman–Crippen LogP) is 2.39. The molecule has 2 N–H and O–H groups in total. The molecule has 98 valence electrons. The summed E-state index contributed by atoms with van der Waals surface area (Å²) in [6.07, 6.45) is 4.80. The Morgan fingerprint density at radius 3 is 2.65 bits per heavy atom. The van der Waals surface area contributed by atoms with E-state index in [1.54, 1.807) is 0 Å². The first-order valence-corrected chi connectivity index (χ1v) is 6.44. The van der Waals surface area contributed by atoms with E-state index in [-0.39, 0.29) is 11.5 Å². The minimum atomic E-state index is -0.261. The van der Waals surface area contributed by atoms with Crippen molar-refractivity contribution in [2.24, 2.45) is 5.41 Å². The molecular formula is C14H26N2O. The maximum absolute atomic E-state index is 9.85. The van der Waals surface area contributed by atoms with Crippen LogP contribution in [0.3, 0.4) is 0 Å². The number of rotatable bonds is 6. The first-order valence-electron chi connectivity index (χ1n) is 6.44. The molecule has 1 heterocycles. The van der Waals surface area contributed by atoms with Gasteiger partial charge in [0.05, 0.1) is 6.10 Å².